The lowest BCUT2D eigenvalue weighted by Crippen LogP contribution is -2.46. The van der Waals surface area contributed by atoms with Crippen molar-refractivity contribution >= 4 is 51.7 Å². The van der Waals surface area contributed by atoms with E-state index in [0.29, 0.717) is 17.1 Å². The molecule has 0 spiro atoms. The monoisotopic (exact) mass is 545 g/mol. The summed E-state index contributed by atoms with van der Waals surface area (Å²) in [7, 11) is 0. The molecule has 4 rings (SSSR count). The number of halogens is 4. The molecule has 5 nitrogen and oxygen atoms in total. The molecule has 1 saturated heterocycles. The van der Waals surface area contributed by atoms with Gasteiger partial charge in [0.25, 0.3) is 0 Å². The van der Waals surface area contributed by atoms with E-state index in [-0.39, 0.29) is 35.6 Å². The van der Waals surface area contributed by atoms with Crippen LogP contribution in [0.5, 0.6) is 0 Å². The van der Waals surface area contributed by atoms with Crippen molar-refractivity contribution < 1.29 is 22.8 Å². The lowest BCUT2D eigenvalue weighted by molar-refractivity contribution is -0.137. The van der Waals surface area contributed by atoms with Crippen molar-refractivity contribution in [2.75, 3.05) is 11.9 Å². The Hall–Kier alpha value is -3.30. The molecule has 2 amide bonds. The van der Waals surface area contributed by atoms with Gasteiger partial charge in [-0.3, -0.25) is 14.5 Å². The molecular formula is C27H23ClF3N3O2S. The number of carbonyl (C=O) groups excluding carboxylic acids is 2. The highest BCUT2D eigenvalue weighted by molar-refractivity contribution is 8.15. The third kappa shape index (κ3) is 7.14. The van der Waals surface area contributed by atoms with E-state index < -0.39 is 17.0 Å². The Morgan fingerprint density at radius 3 is 2.54 bits per heavy atom. The maximum absolute atomic E-state index is 13.2. The molecule has 0 bridgehead atoms. The van der Waals surface area contributed by atoms with Crippen molar-refractivity contribution in [3.8, 4) is 0 Å². The Labute approximate surface area is 221 Å². The summed E-state index contributed by atoms with van der Waals surface area (Å²) >= 11 is 7.01. The number of carbonyl (C=O) groups is 2. The summed E-state index contributed by atoms with van der Waals surface area (Å²) in [6.07, 6.45) is -4.12. The molecule has 10 heteroatoms. The van der Waals surface area contributed by atoms with Crippen molar-refractivity contribution in [1.82, 2.24) is 4.90 Å². The van der Waals surface area contributed by atoms with Gasteiger partial charge in [-0.25, -0.2) is 4.99 Å². The summed E-state index contributed by atoms with van der Waals surface area (Å²) in [6, 6.07) is 19.0. The number of amides is 2. The van der Waals surface area contributed by atoms with Gasteiger partial charge in [0.15, 0.2) is 5.17 Å². The van der Waals surface area contributed by atoms with Crippen LogP contribution in [-0.2, 0) is 22.2 Å². The number of alkyl halides is 3. The fraction of sp³-hybridized carbons (Fsp3) is 0.222. The first-order chi connectivity index (χ1) is 17.6. The van der Waals surface area contributed by atoms with Crippen LogP contribution in [0.4, 0.5) is 24.5 Å². The van der Waals surface area contributed by atoms with Crippen LogP contribution in [0, 0.1) is 6.92 Å². The number of anilines is 1. The van der Waals surface area contributed by atoms with Crippen LogP contribution in [0.15, 0.2) is 77.8 Å². The predicted octanol–water partition coefficient (Wildman–Crippen LogP) is 6.87. The van der Waals surface area contributed by atoms with E-state index in [1.165, 1.54) is 17.0 Å². The lowest BCUT2D eigenvalue weighted by atomic mass is 10.1. The Balaban J connectivity index is 1.60. The highest BCUT2D eigenvalue weighted by Crippen LogP contribution is 2.34. The van der Waals surface area contributed by atoms with E-state index in [1.54, 1.807) is 18.2 Å². The smallest absolute Gasteiger partial charge is 0.325 e. The van der Waals surface area contributed by atoms with Gasteiger partial charge in [-0.05, 0) is 66.9 Å². The Morgan fingerprint density at radius 2 is 1.84 bits per heavy atom. The van der Waals surface area contributed by atoms with Gasteiger partial charge in [-0.15, -0.1) is 0 Å². The number of hydrogen-bond acceptors (Lipinski definition) is 4. The molecule has 1 aliphatic heterocycles. The van der Waals surface area contributed by atoms with E-state index in [2.05, 4.69) is 10.3 Å². The van der Waals surface area contributed by atoms with E-state index in [9.17, 15) is 22.8 Å². The first kappa shape index (κ1) is 26.8. The van der Waals surface area contributed by atoms with Gasteiger partial charge in [0.05, 0.1) is 11.3 Å². The first-order valence-electron chi connectivity index (χ1n) is 11.4. The zero-order valence-corrected chi connectivity index (χ0v) is 21.3. The second-order valence-electron chi connectivity index (χ2n) is 8.53. The van der Waals surface area contributed by atoms with Crippen LogP contribution in [0.2, 0.25) is 5.02 Å². The number of nitrogens with one attached hydrogen (secondary N) is 1. The Kier molecular flexibility index (Phi) is 8.24. The molecule has 37 heavy (non-hydrogen) atoms. The van der Waals surface area contributed by atoms with E-state index in [1.807, 2.05) is 37.3 Å². The second-order valence-corrected chi connectivity index (χ2v) is 10.1. The van der Waals surface area contributed by atoms with Crippen molar-refractivity contribution in [3.05, 3.63) is 94.5 Å². The largest absolute Gasteiger partial charge is 0.416 e. The SMILES string of the molecule is Cc1cccc(NC(=O)C2CC(=O)N(CCc3ccc(Cl)cc3)C(=Nc3cccc(C(F)(F)F)c3)S2)c1. The van der Waals surface area contributed by atoms with Gasteiger partial charge in [0.2, 0.25) is 11.8 Å². The molecule has 3 aromatic carbocycles. The topological polar surface area (TPSA) is 61.8 Å². The fourth-order valence-electron chi connectivity index (χ4n) is 3.76. The third-order valence-electron chi connectivity index (χ3n) is 5.65. The minimum absolute atomic E-state index is 0.0429. The normalized spacial score (nSPS) is 17.2. The van der Waals surface area contributed by atoms with E-state index in [0.717, 1.165) is 35.0 Å². The molecule has 3 aromatic rings. The van der Waals surface area contributed by atoms with Crippen molar-refractivity contribution in [2.24, 2.45) is 4.99 Å². The molecule has 0 radical (unpaired) electrons. The molecule has 1 heterocycles. The highest BCUT2D eigenvalue weighted by atomic mass is 35.5. The van der Waals surface area contributed by atoms with Gasteiger partial charge < -0.3 is 5.32 Å². The summed E-state index contributed by atoms with van der Waals surface area (Å²) in [5.41, 5.74) is 1.69. The Morgan fingerprint density at radius 1 is 1.11 bits per heavy atom. The summed E-state index contributed by atoms with van der Waals surface area (Å²) in [6.45, 7) is 2.14. The molecule has 1 N–H and O–H groups in total. The zero-order chi connectivity index (χ0) is 26.6. The summed E-state index contributed by atoms with van der Waals surface area (Å²) in [5.74, 6) is -0.708. The molecule has 192 valence electrons. The molecule has 1 fully saturated rings. The molecule has 1 atom stereocenters. The minimum atomic E-state index is -4.53. The molecule has 0 aliphatic carbocycles. The van der Waals surface area contributed by atoms with Gasteiger partial charge in [-0.2, -0.15) is 13.2 Å². The van der Waals surface area contributed by atoms with Crippen LogP contribution in [0.25, 0.3) is 0 Å². The first-order valence-corrected chi connectivity index (χ1v) is 12.7. The zero-order valence-electron chi connectivity index (χ0n) is 19.8. The quantitative estimate of drug-likeness (QED) is 0.368. The van der Waals surface area contributed by atoms with Crippen molar-refractivity contribution in [1.29, 1.82) is 0 Å². The van der Waals surface area contributed by atoms with Crippen molar-refractivity contribution in [3.63, 3.8) is 0 Å². The molecule has 1 aliphatic rings. The summed E-state index contributed by atoms with van der Waals surface area (Å²) in [5, 5.41) is 2.79. The predicted molar refractivity (Wildman–Crippen MR) is 141 cm³/mol. The molecular weight excluding hydrogens is 523 g/mol. The highest BCUT2D eigenvalue weighted by Gasteiger charge is 2.36. The van der Waals surface area contributed by atoms with Gasteiger partial charge in [0.1, 0.15) is 5.25 Å². The van der Waals surface area contributed by atoms with Crippen LogP contribution in [0.1, 0.15) is 23.1 Å². The van der Waals surface area contributed by atoms with Gasteiger partial charge in [-0.1, -0.05) is 53.7 Å². The number of amidine groups is 1. The number of nitrogens with zero attached hydrogens (tertiary/aromatic N) is 2. The van der Waals surface area contributed by atoms with Crippen LogP contribution >= 0.6 is 23.4 Å². The van der Waals surface area contributed by atoms with E-state index >= 15 is 0 Å². The van der Waals surface area contributed by atoms with Crippen molar-refractivity contribution in [2.45, 2.75) is 31.2 Å². The average molecular weight is 546 g/mol. The summed E-state index contributed by atoms with van der Waals surface area (Å²) in [4.78, 5) is 32.0. The maximum Gasteiger partial charge on any atom is 0.416 e. The number of hydrogen-bond donors (Lipinski definition) is 1. The standard InChI is InChI=1S/C27H23ClF3N3O2S/c1-17-4-2-6-21(14-17)32-25(36)23-16-24(35)34(13-12-18-8-10-20(28)11-9-18)26(37-23)33-22-7-3-5-19(15-22)27(29,30)31/h2-11,14-15,23H,12-13,16H2,1H3,(H,32,36). The molecule has 0 saturated carbocycles. The average Bonchev–Trinajstić information content (AvgIpc) is 2.84. The van der Waals surface area contributed by atoms with Crippen LogP contribution in [0.3, 0.4) is 0 Å². The minimum Gasteiger partial charge on any atom is -0.325 e. The summed E-state index contributed by atoms with van der Waals surface area (Å²) < 4.78 is 39.7. The lowest BCUT2D eigenvalue weighted by Gasteiger charge is -2.32. The van der Waals surface area contributed by atoms with Crippen LogP contribution < -0.4 is 5.32 Å². The third-order valence-corrected chi connectivity index (χ3v) is 7.09. The van der Waals surface area contributed by atoms with E-state index in [4.69, 9.17) is 11.6 Å². The number of thioether (sulfide) groups is 1. The number of aliphatic imine (C=N–C) groups is 1. The van der Waals surface area contributed by atoms with Gasteiger partial charge >= 0.3 is 6.18 Å². The number of rotatable bonds is 6. The Bertz CT molecular complexity index is 1330. The van der Waals surface area contributed by atoms with Crippen LogP contribution in [-0.4, -0.2) is 33.7 Å². The second kappa shape index (κ2) is 11.4. The fourth-order valence-corrected chi connectivity index (χ4v) is 5.01. The van der Waals surface area contributed by atoms with Gasteiger partial charge in [0, 0.05) is 23.7 Å². The number of benzene rings is 3. The molecule has 1 unspecified atom stereocenters. The molecule has 0 aromatic heterocycles. The maximum atomic E-state index is 13.2. The number of aryl methyl sites for hydroxylation is 1.